The van der Waals surface area contributed by atoms with Crippen molar-refractivity contribution in [1.29, 1.82) is 0 Å². The molecule has 6 nitrogen and oxygen atoms in total. The highest BCUT2D eigenvalue weighted by Gasteiger charge is 2.31. The van der Waals surface area contributed by atoms with E-state index in [1.54, 1.807) is 40.9 Å². The summed E-state index contributed by atoms with van der Waals surface area (Å²) in [4.78, 5) is 30.3. The van der Waals surface area contributed by atoms with Gasteiger partial charge in [0.05, 0.1) is 17.8 Å². The third-order valence-corrected chi connectivity index (χ3v) is 6.61. The Balaban J connectivity index is 1.44. The number of benzene rings is 2. The van der Waals surface area contributed by atoms with Crippen molar-refractivity contribution < 1.29 is 18.7 Å². The van der Waals surface area contributed by atoms with E-state index in [1.807, 2.05) is 35.2 Å². The number of rotatable bonds is 5. The lowest BCUT2D eigenvalue weighted by molar-refractivity contribution is -0.126. The number of methoxy groups -OCH3 is 1. The number of halogens is 2. The molecule has 1 saturated heterocycles. The quantitative estimate of drug-likeness (QED) is 0.293. The zero-order valence-electron chi connectivity index (χ0n) is 19.1. The van der Waals surface area contributed by atoms with E-state index >= 15 is 0 Å². The number of Topliss-reactive ketones (excluding diaryl/α,β-unsaturated/α-hetero) is 1. The van der Waals surface area contributed by atoms with E-state index in [9.17, 15) is 14.0 Å². The summed E-state index contributed by atoms with van der Waals surface area (Å²) in [6.07, 6.45) is 1.76. The van der Waals surface area contributed by atoms with Crippen LogP contribution in [0.5, 0.6) is 5.75 Å². The molecule has 0 atom stereocenters. The molecule has 2 aromatic carbocycles. The molecule has 4 aromatic rings. The van der Waals surface area contributed by atoms with Gasteiger partial charge in [-0.15, -0.1) is 0 Å². The van der Waals surface area contributed by atoms with Gasteiger partial charge in [-0.05, 0) is 48.0 Å². The van der Waals surface area contributed by atoms with Gasteiger partial charge in [-0.3, -0.25) is 9.59 Å². The Hall–Kier alpha value is -3.84. The van der Waals surface area contributed by atoms with Crippen molar-refractivity contribution in [2.45, 2.75) is 0 Å². The normalized spacial score (nSPS) is 13.8. The van der Waals surface area contributed by atoms with Crippen molar-refractivity contribution in [3.63, 3.8) is 0 Å². The van der Waals surface area contributed by atoms with Gasteiger partial charge < -0.3 is 18.9 Å². The van der Waals surface area contributed by atoms with Gasteiger partial charge in [-0.25, -0.2) is 4.39 Å². The number of nitrogens with zero attached hydrogens (tertiary/aromatic N) is 3. The number of carbonyl (C=O) groups is 2. The Morgan fingerprint density at radius 2 is 1.69 bits per heavy atom. The van der Waals surface area contributed by atoms with E-state index in [2.05, 4.69) is 0 Å². The smallest absolute Gasteiger partial charge is 0.296 e. The van der Waals surface area contributed by atoms with Crippen LogP contribution in [-0.2, 0) is 4.79 Å². The lowest BCUT2D eigenvalue weighted by atomic mass is 10.0. The minimum absolute atomic E-state index is 0.281. The number of hydrogen-bond acceptors (Lipinski definition) is 4. The fraction of sp³-hybridized carbons (Fsp3) is 0.185. The van der Waals surface area contributed by atoms with Gasteiger partial charge in [0.25, 0.3) is 11.7 Å². The number of aromatic nitrogens is 1. The topological polar surface area (TPSA) is 54.3 Å². The molecule has 0 radical (unpaired) electrons. The zero-order chi connectivity index (χ0) is 24.5. The average Bonchev–Trinajstić information content (AvgIpc) is 3.28. The van der Waals surface area contributed by atoms with E-state index in [-0.39, 0.29) is 11.5 Å². The van der Waals surface area contributed by atoms with E-state index in [0.29, 0.717) is 53.8 Å². The zero-order valence-corrected chi connectivity index (χ0v) is 19.8. The molecule has 0 N–H and O–H groups in total. The maximum absolute atomic E-state index is 14.2. The Morgan fingerprint density at radius 1 is 0.943 bits per heavy atom. The number of ether oxygens (including phenoxy) is 1. The summed E-state index contributed by atoms with van der Waals surface area (Å²) in [5.41, 5.74) is 2.89. The molecule has 0 aliphatic carbocycles. The molecule has 0 unspecified atom stereocenters. The minimum Gasteiger partial charge on any atom is -0.495 e. The third kappa shape index (κ3) is 4.23. The molecule has 178 valence electrons. The summed E-state index contributed by atoms with van der Waals surface area (Å²) in [5.74, 6) is -0.956. The largest absolute Gasteiger partial charge is 0.495 e. The van der Waals surface area contributed by atoms with Gasteiger partial charge in [-0.2, -0.15) is 0 Å². The summed E-state index contributed by atoms with van der Waals surface area (Å²) in [6.45, 7) is 1.53. The van der Waals surface area contributed by atoms with Gasteiger partial charge >= 0.3 is 0 Å². The Morgan fingerprint density at radius 3 is 2.40 bits per heavy atom. The average molecular weight is 492 g/mol. The first-order valence-corrected chi connectivity index (χ1v) is 11.6. The lowest BCUT2D eigenvalue weighted by Crippen LogP contribution is -2.51. The second kappa shape index (κ2) is 9.43. The van der Waals surface area contributed by atoms with Gasteiger partial charge in [0.1, 0.15) is 17.3 Å². The van der Waals surface area contributed by atoms with Crippen molar-refractivity contribution in [3.8, 4) is 16.9 Å². The van der Waals surface area contributed by atoms with Crippen LogP contribution in [0.1, 0.15) is 10.5 Å². The Kier molecular flexibility index (Phi) is 6.17. The monoisotopic (exact) mass is 491 g/mol. The molecular weight excluding hydrogens is 469 g/mol. The third-order valence-electron chi connectivity index (χ3n) is 6.31. The number of piperazine rings is 1. The predicted molar refractivity (Wildman–Crippen MR) is 134 cm³/mol. The van der Waals surface area contributed by atoms with Crippen LogP contribution in [0.4, 0.5) is 10.1 Å². The van der Waals surface area contributed by atoms with Crippen LogP contribution in [0.15, 0.2) is 72.9 Å². The van der Waals surface area contributed by atoms with Crippen molar-refractivity contribution in [1.82, 2.24) is 9.30 Å². The molecule has 0 saturated carbocycles. The summed E-state index contributed by atoms with van der Waals surface area (Å²) < 4.78 is 21.1. The van der Waals surface area contributed by atoms with Crippen LogP contribution in [0.25, 0.3) is 16.6 Å². The number of carbonyl (C=O) groups excluding carboxylic acids is 2. The highest BCUT2D eigenvalue weighted by molar-refractivity contribution is 6.43. The molecule has 1 amide bonds. The SMILES string of the molecule is COc1ccc(-c2cc3ccccn3c2C(=O)C(=O)N2CCN(c3ccccc3F)CC2)cc1Cl. The number of anilines is 1. The standard InChI is InChI=1S/C27H23ClFN3O3/c1-35-24-10-9-18(16-21(24)28)20-17-19-6-4-5-11-32(19)25(20)26(33)27(34)31-14-12-30(13-15-31)23-8-3-2-7-22(23)29/h2-11,16-17H,12-15H2,1H3. The second-order valence-corrected chi connectivity index (χ2v) is 8.72. The molecule has 1 aliphatic heterocycles. The summed E-state index contributed by atoms with van der Waals surface area (Å²) in [5, 5.41) is 0.411. The number of amides is 1. The van der Waals surface area contributed by atoms with Crippen LogP contribution in [0.3, 0.4) is 0 Å². The number of fused-ring (bicyclic) bond motifs is 1. The van der Waals surface area contributed by atoms with E-state index in [4.69, 9.17) is 16.3 Å². The van der Waals surface area contributed by atoms with Crippen LogP contribution in [0.2, 0.25) is 5.02 Å². The highest BCUT2D eigenvalue weighted by Crippen LogP contribution is 2.34. The lowest BCUT2D eigenvalue weighted by Gasteiger charge is -2.35. The maximum Gasteiger partial charge on any atom is 0.296 e. The van der Waals surface area contributed by atoms with Crippen molar-refractivity contribution >= 4 is 34.5 Å². The summed E-state index contributed by atoms with van der Waals surface area (Å²) in [7, 11) is 1.53. The first kappa shape index (κ1) is 22.9. The van der Waals surface area contributed by atoms with Gasteiger partial charge in [0.2, 0.25) is 0 Å². The van der Waals surface area contributed by atoms with Crippen molar-refractivity contribution in [2.75, 3.05) is 38.2 Å². The fourth-order valence-corrected chi connectivity index (χ4v) is 4.77. The van der Waals surface area contributed by atoms with Gasteiger partial charge in [0, 0.05) is 43.5 Å². The molecule has 1 aliphatic rings. The summed E-state index contributed by atoms with van der Waals surface area (Å²) in [6, 6.07) is 19.3. The number of ketones is 1. The second-order valence-electron chi connectivity index (χ2n) is 8.31. The Bertz CT molecular complexity index is 1430. The minimum atomic E-state index is -0.600. The molecule has 35 heavy (non-hydrogen) atoms. The van der Waals surface area contributed by atoms with Crippen molar-refractivity contribution in [3.05, 3.63) is 89.5 Å². The van der Waals surface area contributed by atoms with E-state index in [0.717, 1.165) is 5.52 Å². The first-order valence-electron chi connectivity index (χ1n) is 11.2. The number of hydrogen-bond donors (Lipinski definition) is 0. The molecular formula is C27H23ClFN3O3. The van der Waals surface area contributed by atoms with E-state index < -0.39 is 11.7 Å². The molecule has 0 bridgehead atoms. The molecule has 2 aromatic heterocycles. The van der Waals surface area contributed by atoms with Gasteiger partial charge in [0.15, 0.2) is 0 Å². The molecule has 0 spiro atoms. The molecule has 8 heteroatoms. The highest BCUT2D eigenvalue weighted by atomic mass is 35.5. The fourth-order valence-electron chi connectivity index (χ4n) is 4.51. The predicted octanol–water partition coefficient (Wildman–Crippen LogP) is 4.94. The van der Waals surface area contributed by atoms with Crippen LogP contribution >= 0.6 is 11.6 Å². The first-order chi connectivity index (χ1) is 17.0. The molecule has 3 heterocycles. The Labute approximate surface area is 207 Å². The number of pyridine rings is 1. The maximum atomic E-state index is 14.2. The molecule has 1 fully saturated rings. The molecule has 5 rings (SSSR count). The van der Waals surface area contributed by atoms with Gasteiger partial charge in [-0.1, -0.05) is 35.9 Å². The summed E-state index contributed by atoms with van der Waals surface area (Å²) >= 11 is 6.35. The number of para-hydroxylation sites is 1. The van der Waals surface area contributed by atoms with Crippen molar-refractivity contribution in [2.24, 2.45) is 0 Å². The van der Waals surface area contributed by atoms with Crippen LogP contribution in [0, 0.1) is 5.82 Å². The van der Waals surface area contributed by atoms with E-state index in [1.165, 1.54) is 18.1 Å². The van der Waals surface area contributed by atoms with Crippen LogP contribution < -0.4 is 9.64 Å². The van der Waals surface area contributed by atoms with Crippen LogP contribution in [-0.4, -0.2) is 54.3 Å².